The third-order valence-corrected chi connectivity index (χ3v) is 7.68. The van der Waals surface area contributed by atoms with E-state index in [0.29, 0.717) is 39.0 Å². The fourth-order valence-electron chi connectivity index (χ4n) is 4.15. The lowest BCUT2D eigenvalue weighted by Crippen LogP contribution is -2.54. The molecule has 7 nitrogen and oxygen atoms in total. The molecule has 8 heteroatoms. The standard InChI is InChI=1S/C21H30N4O3S/c22-18-21(10-6-1-2-7-11-21)23-20(26)16-24-12-14-25(15-13-24)29(27,28)17-19-8-4-3-5-9-19/h3-5,8-9H,1-2,6-7,10-17H2,(H,23,26). The molecule has 2 fully saturated rings. The maximum Gasteiger partial charge on any atom is 0.235 e. The summed E-state index contributed by atoms with van der Waals surface area (Å²) in [5.74, 6) is -0.145. The van der Waals surface area contributed by atoms with Crippen molar-refractivity contribution in [3.05, 3.63) is 35.9 Å². The second-order valence-corrected chi connectivity index (χ2v) is 10.0. The van der Waals surface area contributed by atoms with Gasteiger partial charge < -0.3 is 5.32 Å². The summed E-state index contributed by atoms with van der Waals surface area (Å²) in [6.07, 6.45) is 5.57. The molecule has 1 aromatic carbocycles. The number of rotatable bonds is 6. The van der Waals surface area contributed by atoms with Crippen molar-refractivity contribution >= 4 is 15.9 Å². The van der Waals surface area contributed by atoms with Gasteiger partial charge in [-0.2, -0.15) is 9.57 Å². The van der Waals surface area contributed by atoms with Gasteiger partial charge in [-0.15, -0.1) is 0 Å². The minimum Gasteiger partial charge on any atom is -0.337 e. The number of sulfonamides is 1. The van der Waals surface area contributed by atoms with E-state index in [2.05, 4.69) is 11.4 Å². The number of hydrogen-bond acceptors (Lipinski definition) is 5. The van der Waals surface area contributed by atoms with E-state index < -0.39 is 15.6 Å². The second kappa shape index (κ2) is 9.70. The third-order valence-electron chi connectivity index (χ3n) is 5.83. The highest BCUT2D eigenvalue weighted by Gasteiger charge is 2.33. The average molecular weight is 419 g/mol. The highest BCUT2D eigenvalue weighted by Crippen LogP contribution is 2.26. The molecule has 0 aromatic heterocycles. The van der Waals surface area contributed by atoms with Crippen LogP contribution in [-0.2, 0) is 20.6 Å². The topological polar surface area (TPSA) is 93.5 Å². The number of carbonyl (C=O) groups excluding carboxylic acids is 1. The van der Waals surface area contributed by atoms with Gasteiger partial charge in [0.1, 0.15) is 5.54 Å². The van der Waals surface area contributed by atoms with E-state index in [-0.39, 0.29) is 18.2 Å². The molecule has 0 radical (unpaired) electrons. The molecule has 158 valence electrons. The minimum atomic E-state index is -3.37. The Morgan fingerprint density at radius 2 is 1.66 bits per heavy atom. The minimum absolute atomic E-state index is 0.000977. The Balaban J connectivity index is 1.49. The smallest absolute Gasteiger partial charge is 0.235 e. The molecule has 1 aliphatic carbocycles. The molecule has 1 aliphatic heterocycles. The number of carbonyl (C=O) groups is 1. The van der Waals surface area contributed by atoms with E-state index in [1.807, 2.05) is 35.2 Å². The number of nitrogens with one attached hydrogen (secondary N) is 1. The quantitative estimate of drug-likeness (QED) is 0.712. The van der Waals surface area contributed by atoms with Gasteiger partial charge in [0.15, 0.2) is 0 Å². The zero-order valence-electron chi connectivity index (χ0n) is 16.8. The van der Waals surface area contributed by atoms with Crippen molar-refractivity contribution in [3.63, 3.8) is 0 Å². The molecule has 1 amide bonds. The van der Waals surface area contributed by atoms with Crippen LogP contribution in [0.25, 0.3) is 0 Å². The number of amides is 1. The largest absolute Gasteiger partial charge is 0.337 e. The average Bonchev–Trinajstić information content (AvgIpc) is 2.95. The van der Waals surface area contributed by atoms with Crippen molar-refractivity contribution in [2.24, 2.45) is 0 Å². The van der Waals surface area contributed by atoms with E-state index in [4.69, 9.17) is 0 Å². The molecule has 0 unspecified atom stereocenters. The monoisotopic (exact) mass is 418 g/mol. The predicted octanol–water partition coefficient (Wildman–Crippen LogP) is 1.87. The number of nitrogens with zero attached hydrogens (tertiary/aromatic N) is 3. The first kappa shape index (κ1) is 21.8. The lowest BCUT2D eigenvalue weighted by Gasteiger charge is -2.34. The van der Waals surface area contributed by atoms with Gasteiger partial charge in [0.05, 0.1) is 18.4 Å². The fourth-order valence-corrected chi connectivity index (χ4v) is 5.66. The molecule has 2 aliphatic rings. The van der Waals surface area contributed by atoms with Crippen molar-refractivity contribution in [2.75, 3.05) is 32.7 Å². The van der Waals surface area contributed by atoms with Crippen LogP contribution in [-0.4, -0.2) is 61.8 Å². The fraction of sp³-hybridized carbons (Fsp3) is 0.619. The number of nitriles is 1. The van der Waals surface area contributed by atoms with Crippen LogP contribution >= 0.6 is 0 Å². The summed E-state index contributed by atoms with van der Waals surface area (Å²) in [7, 11) is -3.37. The molecular weight excluding hydrogens is 388 g/mol. The number of piperazine rings is 1. The van der Waals surface area contributed by atoms with E-state index in [9.17, 15) is 18.5 Å². The Morgan fingerprint density at radius 3 is 2.24 bits per heavy atom. The maximum absolute atomic E-state index is 12.7. The Morgan fingerprint density at radius 1 is 1.03 bits per heavy atom. The van der Waals surface area contributed by atoms with Crippen molar-refractivity contribution in [1.29, 1.82) is 5.26 Å². The summed E-state index contributed by atoms with van der Waals surface area (Å²) in [4.78, 5) is 14.5. The molecule has 3 rings (SSSR count). The Hall–Kier alpha value is -1.95. The summed E-state index contributed by atoms with van der Waals surface area (Å²) < 4.78 is 26.8. The van der Waals surface area contributed by atoms with Gasteiger partial charge in [-0.25, -0.2) is 8.42 Å². The molecule has 29 heavy (non-hydrogen) atoms. The number of hydrogen-bond donors (Lipinski definition) is 1. The molecule has 0 atom stereocenters. The molecule has 1 saturated carbocycles. The van der Waals surface area contributed by atoms with Gasteiger partial charge in [0.25, 0.3) is 0 Å². The Labute approximate surface area is 173 Å². The lowest BCUT2D eigenvalue weighted by atomic mass is 9.92. The van der Waals surface area contributed by atoms with Gasteiger partial charge >= 0.3 is 0 Å². The lowest BCUT2D eigenvalue weighted by molar-refractivity contribution is -0.124. The first-order chi connectivity index (χ1) is 13.9. The number of benzene rings is 1. The normalized spacial score (nSPS) is 21.1. The predicted molar refractivity (Wildman–Crippen MR) is 111 cm³/mol. The highest BCUT2D eigenvalue weighted by molar-refractivity contribution is 7.88. The van der Waals surface area contributed by atoms with Crippen LogP contribution in [0.5, 0.6) is 0 Å². The van der Waals surface area contributed by atoms with Crippen LogP contribution in [0.2, 0.25) is 0 Å². The van der Waals surface area contributed by atoms with Crippen LogP contribution in [0.15, 0.2) is 30.3 Å². The third kappa shape index (κ3) is 6.01. The highest BCUT2D eigenvalue weighted by atomic mass is 32.2. The maximum atomic E-state index is 12.7. The first-order valence-corrected chi connectivity index (χ1v) is 12.0. The zero-order valence-corrected chi connectivity index (χ0v) is 17.7. The van der Waals surface area contributed by atoms with Crippen LogP contribution in [0.1, 0.15) is 44.1 Å². The summed E-state index contributed by atoms with van der Waals surface area (Å²) in [6, 6.07) is 11.5. The van der Waals surface area contributed by atoms with E-state index >= 15 is 0 Å². The van der Waals surface area contributed by atoms with Crippen LogP contribution in [0, 0.1) is 11.3 Å². The summed E-state index contributed by atoms with van der Waals surface area (Å²) in [6.45, 7) is 2.00. The van der Waals surface area contributed by atoms with Crippen molar-refractivity contribution in [3.8, 4) is 6.07 Å². The van der Waals surface area contributed by atoms with Gasteiger partial charge in [0.2, 0.25) is 15.9 Å². The van der Waals surface area contributed by atoms with Crippen molar-refractivity contribution in [2.45, 2.75) is 49.8 Å². The zero-order chi connectivity index (χ0) is 20.7. The second-order valence-electron chi connectivity index (χ2n) is 8.07. The summed E-state index contributed by atoms with van der Waals surface area (Å²) in [5, 5.41) is 12.6. The molecule has 0 bridgehead atoms. The molecule has 1 aromatic rings. The van der Waals surface area contributed by atoms with Gasteiger partial charge in [-0.3, -0.25) is 9.69 Å². The molecule has 0 spiro atoms. The Bertz CT molecular complexity index is 819. The molecular formula is C21H30N4O3S. The van der Waals surface area contributed by atoms with E-state index in [1.165, 1.54) is 4.31 Å². The van der Waals surface area contributed by atoms with Crippen molar-refractivity contribution < 1.29 is 13.2 Å². The summed E-state index contributed by atoms with van der Waals surface area (Å²) in [5.41, 5.74) is 0.0357. The van der Waals surface area contributed by atoms with Crippen LogP contribution in [0.4, 0.5) is 0 Å². The van der Waals surface area contributed by atoms with Crippen LogP contribution in [0.3, 0.4) is 0 Å². The van der Waals surface area contributed by atoms with Gasteiger partial charge in [0, 0.05) is 26.2 Å². The van der Waals surface area contributed by atoms with Crippen LogP contribution < -0.4 is 5.32 Å². The summed E-state index contributed by atoms with van der Waals surface area (Å²) >= 11 is 0. The van der Waals surface area contributed by atoms with Gasteiger partial charge in [-0.1, -0.05) is 56.0 Å². The van der Waals surface area contributed by atoms with Crippen molar-refractivity contribution in [1.82, 2.24) is 14.5 Å². The van der Waals surface area contributed by atoms with Gasteiger partial charge in [-0.05, 0) is 18.4 Å². The van der Waals surface area contributed by atoms with E-state index in [0.717, 1.165) is 31.2 Å². The SMILES string of the molecule is N#CC1(NC(=O)CN2CCN(S(=O)(=O)Cc3ccccc3)CC2)CCCCCC1. The molecule has 1 saturated heterocycles. The first-order valence-electron chi connectivity index (χ1n) is 10.4. The Kier molecular flexibility index (Phi) is 7.28. The van der Waals surface area contributed by atoms with E-state index in [1.54, 1.807) is 0 Å². The molecule has 1 N–H and O–H groups in total. The molecule has 1 heterocycles.